The molecule has 1 N–H and O–H groups in total. The zero-order chi connectivity index (χ0) is 12.6. The minimum atomic E-state index is -0.751. The lowest BCUT2D eigenvalue weighted by molar-refractivity contribution is 0.0572. The molecule has 1 heterocycles. The molecular weight excluding hydrogens is 350 g/mol. The van der Waals surface area contributed by atoms with Gasteiger partial charge in [0.25, 0.3) is 5.91 Å². The molecule has 92 valence electrons. The second kappa shape index (κ2) is 4.71. The average Bonchev–Trinajstić information content (AvgIpc) is 2.56. The van der Waals surface area contributed by atoms with Crippen LogP contribution in [0.15, 0.2) is 27.1 Å². The molecule has 0 aromatic heterocycles. The zero-order valence-corrected chi connectivity index (χ0v) is 12.6. The van der Waals surface area contributed by atoms with Crippen molar-refractivity contribution < 1.29 is 9.90 Å². The van der Waals surface area contributed by atoms with E-state index in [0.29, 0.717) is 25.1 Å². The van der Waals surface area contributed by atoms with Crippen molar-refractivity contribution in [3.63, 3.8) is 0 Å². The molecule has 0 saturated carbocycles. The Balaban J connectivity index is 2.20. The Morgan fingerprint density at radius 2 is 1.94 bits per heavy atom. The summed E-state index contributed by atoms with van der Waals surface area (Å²) < 4.78 is 1.72. The lowest BCUT2D eigenvalue weighted by atomic mass is 10.1. The van der Waals surface area contributed by atoms with E-state index >= 15 is 0 Å². The quantitative estimate of drug-likeness (QED) is 0.834. The fourth-order valence-corrected chi connectivity index (χ4v) is 3.27. The van der Waals surface area contributed by atoms with Gasteiger partial charge in [-0.1, -0.05) is 31.9 Å². The van der Waals surface area contributed by atoms with Crippen LogP contribution in [0.3, 0.4) is 0 Å². The van der Waals surface area contributed by atoms with Crippen LogP contribution in [-0.2, 0) is 0 Å². The highest BCUT2D eigenvalue weighted by Gasteiger charge is 2.34. The first kappa shape index (κ1) is 13.1. The number of likely N-dealkylation sites (tertiary alicyclic amines) is 1. The van der Waals surface area contributed by atoms with Crippen molar-refractivity contribution in [1.82, 2.24) is 4.90 Å². The van der Waals surface area contributed by atoms with Gasteiger partial charge in [-0.05, 0) is 31.5 Å². The van der Waals surface area contributed by atoms with Gasteiger partial charge < -0.3 is 10.0 Å². The maximum absolute atomic E-state index is 12.2. The maximum atomic E-state index is 12.2. The molecule has 1 aromatic carbocycles. The standard InChI is InChI=1S/C12H13Br2NO2/c1-12(17)2-3-15(7-12)11(16)8-4-9(13)6-10(14)5-8/h4-6,17H,2-3,7H2,1H3. The number of aliphatic hydroxyl groups is 1. The summed E-state index contributed by atoms with van der Waals surface area (Å²) in [5, 5.41) is 9.86. The summed E-state index contributed by atoms with van der Waals surface area (Å²) in [6.07, 6.45) is 0.633. The second-order valence-corrected chi connectivity index (χ2v) is 6.46. The van der Waals surface area contributed by atoms with Crippen molar-refractivity contribution in [1.29, 1.82) is 0 Å². The lowest BCUT2D eigenvalue weighted by Gasteiger charge is -2.19. The molecule has 1 atom stereocenters. The van der Waals surface area contributed by atoms with Crippen LogP contribution in [0.2, 0.25) is 0 Å². The summed E-state index contributed by atoms with van der Waals surface area (Å²) in [5.41, 5.74) is -0.122. The van der Waals surface area contributed by atoms with Crippen molar-refractivity contribution in [2.24, 2.45) is 0 Å². The summed E-state index contributed by atoms with van der Waals surface area (Å²) in [4.78, 5) is 13.9. The molecule has 17 heavy (non-hydrogen) atoms. The number of rotatable bonds is 1. The normalized spacial score (nSPS) is 24.1. The summed E-state index contributed by atoms with van der Waals surface area (Å²) in [6.45, 7) is 2.77. The number of carbonyl (C=O) groups excluding carboxylic acids is 1. The fraction of sp³-hybridized carbons (Fsp3) is 0.417. The molecule has 1 aromatic rings. The molecule has 3 nitrogen and oxygen atoms in total. The first-order valence-electron chi connectivity index (χ1n) is 5.35. The Morgan fingerprint density at radius 3 is 2.41 bits per heavy atom. The van der Waals surface area contributed by atoms with E-state index in [1.807, 2.05) is 6.07 Å². The van der Waals surface area contributed by atoms with Crippen LogP contribution in [-0.4, -0.2) is 34.6 Å². The largest absolute Gasteiger partial charge is 0.388 e. The van der Waals surface area contributed by atoms with E-state index in [2.05, 4.69) is 31.9 Å². The third-order valence-electron chi connectivity index (χ3n) is 2.85. The van der Waals surface area contributed by atoms with Gasteiger partial charge in [-0.15, -0.1) is 0 Å². The van der Waals surface area contributed by atoms with E-state index in [1.54, 1.807) is 24.0 Å². The predicted octanol–water partition coefficient (Wildman–Crippen LogP) is 2.81. The predicted molar refractivity (Wildman–Crippen MR) is 73.0 cm³/mol. The molecule has 1 fully saturated rings. The Kier molecular flexibility index (Phi) is 3.61. The van der Waals surface area contributed by atoms with Crippen LogP contribution >= 0.6 is 31.9 Å². The molecule has 0 bridgehead atoms. The summed E-state index contributed by atoms with van der Waals surface area (Å²) in [7, 11) is 0. The number of hydrogen-bond acceptors (Lipinski definition) is 2. The Labute approximate surface area is 117 Å². The third kappa shape index (κ3) is 3.09. The van der Waals surface area contributed by atoms with E-state index in [0.717, 1.165) is 8.95 Å². The van der Waals surface area contributed by atoms with Gasteiger partial charge >= 0.3 is 0 Å². The molecule has 2 rings (SSSR count). The van der Waals surface area contributed by atoms with Gasteiger partial charge in [-0.3, -0.25) is 4.79 Å². The summed E-state index contributed by atoms with van der Waals surface area (Å²) in [5.74, 6) is -0.0372. The molecule has 0 radical (unpaired) electrons. The zero-order valence-electron chi connectivity index (χ0n) is 9.41. The van der Waals surface area contributed by atoms with Gasteiger partial charge in [-0.2, -0.15) is 0 Å². The highest BCUT2D eigenvalue weighted by atomic mass is 79.9. The van der Waals surface area contributed by atoms with Crippen molar-refractivity contribution in [2.45, 2.75) is 18.9 Å². The third-order valence-corrected chi connectivity index (χ3v) is 3.76. The van der Waals surface area contributed by atoms with Crippen molar-refractivity contribution in [3.8, 4) is 0 Å². The Hall–Kier alpha value is -0.390. The van der Waals surface area contributed by atoms with E-state index in [9.17, 15) is 9.90 Å². The molecular formula is C12H13Br2NO2. The van der Waals surface area contributed by atoms with Crippen LogP contribution in [0.4, 0.5) is 0 Å². The Morgan fingerprint density at radius 1 is 1.35 bits per heavy atom. The molecule has 1 aliphatic rings. The number of carbonyl (C=O) groups is 1. The van der Waals surface area contributed by atoms with E-state index in [1.165, 1.54) is 0 Å². The van der Waals surface area contributed by atoms with Crippen molar-refractivity contribution in [2.75, 3.05) is 13.1 Å². The number of nitrogens with zero attached hydrogens (tertiary/aromatic N) is 1. The smallest absolute Gasteiger partial charge is 0.254 e. The highest BCUT2D eigenvalue weighted by Crippen LogP contribution is 2.25. The maximum Gasteiger partial charge on any atom is 0.254 e. The summed E-state index contributed by atoms with van der Waals surface area (Å²) in [6, 6.07) is 5.47. The van der Waals surface area contributed by atoms with Crippen LogP contribution < -0.4 is 0 Å². The van der Waals surface area contributed by atoms with Crippen molar-refractivity contribution >= 4 is 37.8 Å². The van der Waals surface area contributed by atoms with E-state index in [-0.39, 0.29) is 5.91 Å². The first-order chi connectivity index (χ1) is 7.87. The van der Waals surface area contributed by atoms with Gasteiger partial charge in [0.15, 0.2) is 0 Å². The summed E-state index contributed by atoms with van der Waals surface area (Å²) >= 11 is 6.72. The SMILES string of the molecule is CC1(O)CCN(C(=O)c2cc(Br)cc(Br)c2)C1. The van der Waals surface area contributed by atoms with Crippen LogP contribution in [0, 0.1) is 0 Å². The van der Waals surface area contributed by atoms with Crippen LogP contribution in [0.25, 0.3) is 0 Å². The van der Waals surface area contributed by atoms with Crippen molar-refractivity contribution in [3.05, 3.63) is 32.7 Å². The fourth-order valence-electron chi connectivity index (χ4n) is 1.98. The van der Waals surface area contributed by atoms with Crippen LogP contribution in [0.5, 0.6) is 0 Å². The number of benzene rings is 1. The first-order valence-corrected chi connectivity index (χ1v) is 6.94. The minimum Gasteiger partial charge on any atom is -0.388 e. The molecule has 1 amide bonds. The number of amides is 1. The molecule has 0 aliphatic carbocycles. The minimum absolute atomic E-state index is 0.0372. The lowest BCUT2D eigenvalue weighted by Crippen LogP contribution is -2.33. The van der Waals surface area contributed by atoms with Gasteiger partial charge in [0, 0.05) is 27.6 Å². The monoisotopic (exact) mass is 361 g/mol. The average molecular weight is 363 g/mol. The van der Waals surface area contributed by atoms with E-state index < -0.39 is 5.60 Å². The molecule has 0 spiro atoms. The van der Waals surface area contributed by atoms with Gasteiger partial charge in [0.05, 0.1) is 5.60 Å². The molecule has 1 aliphatic heterocycles. The van der Waals surface area contributed by atoms with Gasteiger partial charge in [0.1, 0.15) is 0 Å². The Bertz CT molecular complexity index is 440. The van der Waals surface area contributed by atoms with Gasteiger partial charge in [0.2, 0.25) is 0 Å². The van der Waals surface area contributed by atoms with Crippen LogP contribution in [0.1, 0.15) is 23.7 Å². The highest BCUT2D eigenvalue weighted by molar-refractivity contribution is 9.11. The number of β-amino-alcohol motifs (C(OH)–C–C–N with tert-alkyl or cyclic N) is 1. The number of hydrogen-bond donors (Lipinski definition) is 1. The second-order valence-electron chi connectivity index (χ2n) is 4.63. The van der Waals surface area contributed by atoms with E-state index in [4.69, 9.17) is 0 Å². The van der Waals surface area contributed by atoms with Gasteiger partial charge in [-0.25, -0.2) is 0 Å². The topological polar surface area (TPSA) is 40.5 Å². The number of halogens is 2. The molecule has 1 unspecified atom stereocenters. The molecule has 1 saturated heterocycles. The molecule has 5 heteroatoms.